The van der Waals surface area contributed by atoms with Crippen molar-refractivity contribution in [1.29, 1.82) is 0 Å². The molecule has 0 N–H and O–H groups in total. The van der Waals surface area contributed by atoms with E-state index in [2.05, 4.69) is 0 Å². The maximum absolute atomic E-state index is 11.5. The zero-order valence-electron chi connectivity index (χ0n) is 9.82. The first kappa shape index (κ1) is 14.1. The molecule has 0 aliphatic carbocycles. The van der Waals surface area contributed by atoms with Crippen molar-refractivity contribution >= 4 is 29.1 Å². The van der Waals surface area contributed by atoms with Gasteiger partial charge in [0, 0.05) is 12.1 Å². The highest BCUT2D eigenvalue weighted by molar-refractivity contribution is 6.30. The van der Waals surface area contributed by atoms with E-state index in [9.17, 15) is 4.79 Å². The third-order valence-electron chi connectivity index (χ3n) is 2.21. The zero-order valence-corrected chi connectivity index (χ0v) is 11.3. The molecule has 1 rings (SSSR count). The van der Waals surface area contributed by atoms with Crippen LogP contribution in [0.25, 0.3) is 0 Å². The third kappa shape index (κ3) is 4.84. The quantitative estimate of drug-likeness (QED) is 0.774. The van der Waals surface area contributed by atoms with Crippen LogP contribution in [0.15, 0.2) is 24.3 Å². The Labute approximate surface area is 111 Å². The molecule has 1 unspecified atom stereocenters. The number of likely N-dealkylation sites (N-methyl/N-ethyl adjacent to an activating group) is 1. The lowest BCUT2D eigenvalue weighted by atomic mass is 10.3. The molecular weight excluding hydrogens is 261 g/mol. The summed E-state index contributed by atoms with van der Waals surface area (Å²) in [6, 6.07) is 7.14. The van der Waals surface area contributed by atoms with E-state index in [-0.39, 0.29) is 5.91 Å². The predicted molar refractivity (Wildman–Crippen MR) is 69.9 cm³/mol. The molecule has 5 heteroatoms. The molecule has 1 aromatic carbocycles. The third-order valence-corrected chi connectivity index (χ3v) is 2.63. The fourth-order valence-corrected chi connectivity index (χ4v) is 1.62. The van der Waals surface area contributed by atoms with Gasteiger partial charge in [-0.3, -0.25) is 4.79 Å². The van der Waals surface area contributed by atoms with E-state index in [1.165, 1.54) is 0 Å². The molecule has 0 bridgehead atoms. The fourth-order valence-electron chi connectivity index (χ4n) is 1.27. The van der Waals surface area contributed by atoms with Crippen LogP contribution in [0.4, 0.5) is 0 Å². The molecule has 0 saturated carbocycles. The molecule has 0 aliphatic heterocycles. The van der Waals surface area contributed by atoms with Gasteiger partial charge in [-0.2, -0.15) is 0 Å². The standard InChI is InChI=1S/C12H15Cl2NO2/c1-9(13)12(16)15(2)6-7-17-11-5-3-4-10(14)8-11/h3-5,8-9H,6-7H2,1-2H3. The highest BCUT2D eigenvalue weighted by Crippen LogP contribution is 2.16. The van der Waals surface area contributed by atoms with Crippen LogP contribution in [0.3, 0.4) is 0 Å². The Balaban J connectivity index is 2.35. The normalized spacial score (nSPS) is 12.0. The summed E-state index contributed by atoms with van der Waals surface area (Å²) < 4.78 is 5.47. The second-order valence-electron chi connectivity index (χ2n) is 3.68. The number of amides is 1. The summed E-state index contributed by atoms with van der Waals surface area (Å²) in [5.41, 5.74) is 0. The Kier molecular flexibility index (Phi) is 5.59. The van der Waals surface area contributed by atoms with E-state index in [4.69, 9.17) is 27.9 Å². The molecule has 0 aromatic heterocycles. The van der Waals surface area contributed by atoms with Crippen LogP contribution >= 0.6 is 23.2 Å². The number of benzene rings is 1. The number of nitrogens with zero attached hydrogens (tertiary/aromatic N) is 1. The summed E-state index contributed by atoms with van der Waals surface area (Å²) in [4.78, 5) is 13.0. The fraction of sp³-hybridized carbons (Fsp3) is 0.417. The average Bonchev–Trinajstić information content (AvgIpc) is 2.27. The van der Waals surface area contributed by atoms with Gasteiger partial charge in [-0.25, -0.2) is 0 Å². The molecule has 3 nitrogen and oxygen atoms in total. The second-order valence-corrected chi connectivity index (χ2v) is 4.77. The zero-order chi connectivity index (χ0) is 12.8. The van der Waals surface area contributed by atoms with Gasteiger partial charge >= 0.3 is 0 Å². The van der Waals surface area contributed by atoms with Crippen molar-refractivity contribution in [3.8, 4) is 5.75 Å². The van der Waals surface area contributed by atoms with Crippen LogP contribution in [0.2, 0.25) is 5.02 Å². The smallest absolute Gasteiger partial charge is 0.240 e. The number of rotatable bonds is 5. The van der Waals surface area contributed by atoms with Crippen LogP contribution in [0.1, 0.15) is 6.92 Å². The van der Waals surface area contributed by atoms with Gasteiger partial charge in [-0.05, 0) is 25.1 Å². The van der Waals surface area contributed by atoms with Crippen molar-refractivity contribution in [3.63, 3.8) is 0 Å². The number of hydrogen-bond acceptors (Lipinski definition) is 2. The number of hydrogen-bond donors (Lipinski definition) is 0. The summed E-state index contributed by atoms with van der Waals surface area (Å²) in [5, 5.41) is 0.118. The summed E-state index contributed by atoms with van der Waals surface area (Å²) in [6.07, 6.45) is 0. The van der Waals surface area contributed by atoms with Crippen molar-refractivity contribution in [3.05, 3.63) is 29.3 Å². The molecule has 0 spiro atoms. The van der Waals surface area contributed by atoms with Gasteiger partial charge in [0.05, 0.1) is 6.54 Å². The van der Waals surface area contributed by atoms with E-state index >= 15 is 0 Å². The highest BCUT2D eigenvalue weighted by atomic mass is 35.5. The van der Waals surface area contributed by atoms with E-state index in [1.54, 1.807) is 31.0 Å². The van der Waals surface area contributed by atoms with Crippen LogP contribution in [0, 0.1) is 0 Å². The number of alkyl halides is 1. The molecule has 0 radical (unpaired) electrons. The largest absolute Gasteiger partial charge is 0.492 e. The maximum Gasteiger partial charge on any atom is 0.240 e. The van der Waals surface area contributed by atoms with Gasteiger partial charge in [0.1, 0.15) is 17.7 Å². The van der Waals surface area contributed by atoms with E-state index in [0.717, 1.165) is 0 Å². The lowest BCUT2D eigenvalue weighted by Crippen LogP contribution is -2.35. The van der Waals surface area contributed by atoms with Crippen molar-refractivity contribution in [2.24, 2.45) is 0 Å². The van der Waals surface area contributed by atoms with Gasteiger partial charge in [-0.15, -0.1) is 11.6 Å². The van der Waals surface area contributed by atoms with E-state index in [0.29, 0.717) is 23.9 Å². The molecule has 1 aromatic rings. The molecule has 1 atom stereocenters. The monoisotopic (exact) mass is 275 g/mol. The molecule has 17 heavy (non-hydrogen) atoms. The summed E-state index contributed by atoms with van der Waals surface area (Å²) in [7, 11) is 1.70. The van der Waals surface area contributed by atoms with Crippen molar-refractivity contribution < 1.29 is 9.53 Å². The Morgan fingerprint density at radius 3 is 2.82 bits per heavy atom. The Morgan fingerprint density at radius 1 is 1.53 bits per heavy atom. The SMILES string of the molecule is CC(Cl)C(=O)N(C)CCOc1cccc(Cl)c1. The van der Waals surface area contributed by atoms with Gasteiger partial charge in [0.15, 0.2) is 0 Å². The predicted octanol–water partition coefficient (Wildman–Crippen LogP) is 2.80. The minimum absolute atomic E-state index is 0.110. The van der Waals surface area contributed by atoms with Crippen molar-refractivity contribution in [2.75, 3.05) is 20.2 Å². The van der Waals surface area contributed by atoms with Crippen LogP contribution < -0.4 is 4.74 Å². The number of ether oxygens (including phenoxy) is 1. The van der Waals surface area contributed by atoms with Gasteiger partial charge in [0.2, 0.25) is 5.91 Å². The molecule has 94 valence electrons. The Bertz CT molecular complexity index is 383. The first-order valence-electron chi connectivity index (χ1n) is 5.28. The van der Waals surface area contributed by atoms with Crippen LogP contribution in [0.5, 0.6) is 5.75 Å². The van der Waals surface area contributed by atoms with Crippen molar-refractivity contribution in [2.45, 2.75) is 12.3 Å². The first-order chi connectivity index (χ1) is 8.00. The van der Waals surface area contributed by atoms with Crippen LogP contribution in [-0.2, 0) is 4.79 Å². The summed E-state index contributed by atoms with van der Waals surface area (Å²) in [5.74, 6) is 0.582. The van der Waals surface area contributed by atoms with Gasteiger partial charge in [-0.1, -0.05) is 17.7 Å². The number of halogens is 2. The van der Waals surface area contributed by atoms with Gasteiger partial charge < -0.3 is 9.64 Å². The average molecular weight is 276 g/mol. The maximum atomic E-state index is 11.5. The summed E-state index contributed by atoms with van der Waals surface area (Å²) >= 11 is 11.5. The topological polar surface area (TPSA) is 29.5 Å². The Hall–Kier alpha value is -0.930. The summed E-state index contributed by atoms with van der Waals surface area (Å²) in [6.45, 7) is 2.55. The lowest BCUT2D eigenvalue weighted by molar-refractivity contribution is -0.129. The number of carbonyl (C=O) groups excluding carboxylic acids is 1. The van der Waals surface area contributed by atoms with E-state index in [1.807, 2.05) is 12.1 Å². The molecule has 0 heterocycles. The van der Waals surface area contributed by atoms with Crippen molar-refractivity contribution in [1.82, 2.24) is 4.90 Å². The highest BCUT2D eigenvalue weighted by Gasteiger charge is 2.14. The molecule has 0 fully saturated rings. The van der Waals surface area contributed by atoms with Crippen LogP contribution in [-0.4, -0.2) is 36.4 Å². The van der Waals surface area contributed by atoms with E-state index < -0.39 is 5.38 Å². The Morgan fingerprint density at radius 2 is 2.24 bits per heavy atom. The second kappa shape index (κ2) is 6.72. The molecule has 0 saturated heterocycles. The first-order valence-corrected chi connectivity index (χ1v) is 6.09. The van der Waals surface area contributed by atoms with Gasteiger partial charge in [0.25, 0.3) is 0 Å². The molecular formula is C12H15Cl2NO2. The minimum atomic E-state index is -0.508. The number of carbonyl (C=O) groups is 1. The lowest BCUT2D eigenvalue weighted by Gasteiger charge is -2.18. The molecule has 1 amide bonds. The minimum Gasteiger partial charge on any atom is -0.492 e. The molecule has 0 aliphatic rings.